The fourth-order valence-electron chi connectivity index (χ4n) is 1.39. The third kappa shape index (κ3) is 4.53. The van der Waals surface area contributed by atoms with Gasteiger partial charge in [0.15, 0.2) is 0 Å². The van der Waals surface area contributed by atoms with Crippen LogP contribution in [0.4, 0.5) is 11.4 Å². The average molecular weight is 252 g/mol. The van der Waals surface area contributed by atoms with Gasteiger partial charge in [-0.15, -0.1) is 0 Å². The fraction of sp³-hybridized carbons (Fsp3) is 0.462. The summed E-state index contributed by atoms with van der Waals surface area (Å²) in [6.45, 7) is 6.13. The van der Waals surface area contributed by atoms with Crippen molar-refractivity contribution in [3.63, 3.8) is 0 Å². The van der Waals surface area contributed by atoms with Crippen LogP contribution in [-0.2, 0) is 9.53 Å². The molecule has 5 heteroatoms. The molecular formula is C13H20N2O3. The van der Waals surface area contributed by atoms with Crippen LogP contribution >= 0.6 is 0 Å². The van der Waals surface area contributed by atoms with Crippen molar-refractivity contribution < 1.29 is 14.3 Å². The van der Waals surface area contributed by atoms with Gasteiger partial charge in [0, 0.05) is 11.8 Å². The Balaban J connectivity index is 2.64. The Labute approximate surface area is 107 Å². The van der Waals surface area contributed by atoms with Gasteiger partial charge >= 0.3 is 5.97 Å². The Morgan fingerprint density at radius 3 is 2.78 bits per heavy atom. The number of carbonyl (C=O) groups is 1. The van der Waals surface area contributed by atoms with Crippen LogP contribution in [0.3, 0.4) is 0 Å². The van der Waals surface area contributed by atoms with Crippen LogP contribution in [-0.4, -0.2) is 25.2 Å². The summed E-state index contributed by atoms with van der Waals surface area (Å²) in [6.07, 6.45) is 0.0487. The number of hydrogen-bond acceptors (Lipinski definition) is 5. The maximum atomic E-state index is 11.2. The van der Waals surface area contributed by atoms with E-state index in [4.69, 9.17) is 15.2 Å². The number of nitrogens with two attached hydrogens (primary N) is 1. The highest BCUT2D eigenvalue weighted by molar-refractivity contribution is 5.75. The molecule has 0 heterocycles. The molecule has 0 amide bonds. The molecule has 0 unspecified atom stereocenters. The van der Waals surface area contributed by atoms with Crippen molar-refractivity contribution in [3.05, 3.63) is 18.2 Å². The summed E-state index contributed by atoms with van der Waals surface area (Å²) in [4.78, 5) is 11.2. The van der Waals surface area contributed by atoms with Crippen molar-refractivity contribution >= 4 is 17.3 Å². The van der Waals surface area contributed by atoms with Crippen molar-refractivity contribution in [2.24, 2.45) is 0 Å². The predicted molar refractivity (Wildman–Crippen MR) is 71.7 cm³/mol. The Morgan fingerprint density at radius 2 is 2.17 bits per heavy atom. The smallest absolute Gasteiger partial charge is 0.325 e. The molecule has 1 aromatic carbocycles. The van der Waals surface area contributed by atoms with Gasteiger partial charge in [-0.05, 0) is 32.9 Å². The summed E-state index contributed by atoms with van der Waals surface area (Å²) in [5.74, 6) is 0.319. The van der Waals surface area contributed by atoms with Crippen LogP contribution < -0.4 is 15.8 Å². The molecule has 0 atom stereocenters. The molecule has 1 rings (SSSR count). The second kappa shape index (κ2) is 6.74. The highest BCUT2D eigenvalue weighted by atomic mass is 16.5. The van der Waals surface area contributed by atoms with Crippen molar-refractivity contribution in [1.29, 1.82) is 0 Å². The van der Waals surface area contributed by atoms with Gasteiger partial charge in [-0.2, -0.15) is 0 Å². The normalized spacial score (nSPS) is 10.2. The number of nitrogen functional groups attached to an aromatic ring is 1. The van der Waals surface area contributed by atoms with E-state index < -0.39 is 0 Å². The molecule has 0 aliphatic carbocycles. The highest BCUT2D eigenvalue weighted by Crippen LogP contribution is 2.26. The lowest BCUT2D eigenvalue weighted by Gasteiger charge is -2.14. The molecular weight excluding hydrogens is 232 g/mol. The number of esters is 1. The largest absolute Gasteiger partial charge is 0.489 e. The molecule has 18 heavy (non-hydrogen) atoms. The Kier molecular flexibility index (Phi) is 5.30. The maximum absolute atomic E-state index is 11.2. The van der Waals surface area contributed by atoms with Gasteiger partial charge < -0.3 is 20.5 Å². The minimum absolute atomic E-state index is 0.0487. The van der Waals surface area contributed by atoms with E-state index in [1.54, 1.807) is 25.1 Å². The van der Waals surface area contributed by atoms with E-state index in [1.807, 2.05) is 13.8 Å². The number of carbonyl (C=O) groups excluding carboxylic acids is 1. The lowest BCUT2D eigenvalue weighted by molar-refractivity contribution is -0.140. The average Bonchev–Trinajstić information content (AvgIpc) is 2.30. The van der Waals surface area contributed by atoms with Crippen LogP contribution in [0.1, 0.15) is 20.8 Å². The van der Waals surface area contributed by atoms with Crippen molar-refractivity contribution in [1.82, 2.24) is 0 Å². The SMILES string of the molecule is CCOC(=O)CNc1ccc(N)c(OC(C)C)c1. The van der Waals surface area contributed by atoms with Gasteiger partial charge in [0.2, 0.25) is 0 Å². The van der Waals surface area contributed by atoms with Crippen LogP contribution in [0.25, 0.3) is 0 Å². The first kappa shape index (κ1) is 14.2. The van der Waals surface area contributed by atoms with E-state index in [0.29, 0.717) is 18.0 Å². The van der Waals surface area contributed by atoms with Gasteiger partial charge in [-0.3, -0.25) is 4.79 Å². The van der Waals surface area contributed by atoms with Gasteiger partial charge in [-0.25, -0.2) is 0 Å². The standard InChI is InChI=1S/C13H20N2O3/c1-4-17-13(16)8-15-10-5-6-11(14)12(7-10)18-9(2)3/h5-7,9,15H,4,8,14H2,1-3H3. The Morgan fingerprint density at radius 1 is 1.44 bits per heavy atom. The number of hydrogen-bond donors (Lipinski definition) is 2. The van der Waals surface area contributed by atoms with Crippen LogP contribution in [0.15, 0.2) is 18.2 Å². The predicted octanol–water partition coefficient (Wildman–Crippen LogP) is 2.03. The zero-order valence-electron chi connectivity index (χ0n) is 11.0. The molecule has 0 bridgehead atoms. The monoisotopic (exact) mass is 252 g/mol. The van der Waals surface area contributed by atoms with Gasteiger partial charge in [0.25, 0.3) is 0 Å². The van der Waals surface area contributed by atoms with Crippen molar-refractivity contribution in [3.8, 4) is 5.75 Å². The molecule has 100 valence electrons. The Hall–Kier alpha value is -1.91. The lowest BCUT2D eigenvalue weighted by Crippen LogP contribution is -2.16. The number of benzene rings is 1. The van der Waals surface area contributed by atoms with Crippen molar-refractivity contribution in [2.75, 3.05) is 24.2 Å². The van der Waals surface area contributed by atoms with E-state index in [-0.39, 0.29) is 18.6 Å². The van der Waals surface area contributed by atoms with Crippen molar-refractivity contribution in [2.45, 2.75) is 26.9 Å². The number of nitrogens with one attached hydrogen (secondary N) is 1. The molecule has 0 aliphatic rings. The lowest BCUT2D eigenvalue weighted by atomic mass is 10.2. The number of anilines is 2. The summed E-state index contributed by atoms with van der Waals surface area (Å²) >= 11 is 0. The molecule has 0 aliphatic heterocycles. The molecule has 0 fully saturated rings. The third-order valence-corrected chi connectivity index (χ3v) is 2.12. The van der Waals surface area contributed by atoms with Gasteiger partial charge in [-0.1, -0.05) is 0 Å². The summed E-state index contributed by atoms with van der Waals surface area (Å²) < 4.78 is 10.4. The molecule has 0 saturated carbocycles. The van der Waals surface area contributed by atoms with E-state index in [2.05, 4.69) is 5.32 Å². The summed E-state index contributed by atoms with van der Waals surface area (Å²) in [5.41, 5.74) is 7.14. The molecule has 1 aromatic rings. The molecule has 0 radical (unpaired) electrons. The summed E-state index contributed by atoms with van der Waals surface area (Å²) in [7, 11) is 0. The summed E-state index contributed by atoms with van der Waals surface area (Å²) in [5, 5.41) is 2.96. The van der Waals surface area contributed by atoms with Gasteiger partial charge in [0.05, 0.1) is 18.4 Å². The third-order valence-electron chi connectivity index (χ3n) is 2.12. The van der Waals surface area contributed by atoms with E-state index in [0.717, 1.165) is 5.69 Å². The van der Waals surface area contributed by atoms with Crippen LogP contribution in [0.2, 0.25) is 0 Å². The van der Waals surface area contributed by atoms with Crippen LogP contribution in [0.5, 0.6) is 5.75 Å². The second-order valence-corrected chi connectivity index (χ2v) is 4.08. The minimum atomic E-state index is -0.291. The molecule has 0 saturated heterocycles. The fourth-order valence-corrected chi connectivity index (χ4v) is 1.39. The first-order valence-corrected chi connectivity index (χ1v) is 5.98. The number of rotatable bonds is 6. The highest BCUT2D eigenvalue weighted by Gasteiger charge is 2.06. The topological polar surface area (TPSA) is 73.6 Å². The summed E-state index contributed by atoms with van der Waals surface area (Å²) in [6, 6.07) is 5.31. The van der Waals surface area contributed by atoms with E-state index in [9.17, 15) is 4.79 Å². The zero-order valence-corrected chi connectivity index (χ0v) is 11.0. The van der Waals surface area contributed by atoms with Gasteiger partial charge in [0.1, 0.15) is 12.3 Å². The molecule has 5 nitrogen and oxygen atoms in total. The van der Waals surface area contributed by atoms with E-state index in [1.165, 1.54) is 0 Å². The zero-order chi connectivity index (χ0) is 13.5. The Bertz CT molecular complexity index is 405. The number of ether oxygens (including phenoxy) is 2. The first-order valence-electron chi connectivity index (χ1n) is 5.98. The first-order chi connectivity index (χ1) is 8.52. The quantitative estimate of drug-likeness (QED) is 0.598. The van der Waals surface area contributed by atoms with E-state index >= 15 is 0 Å². The molecule has 0 aromatic heterocycles. The van der Waals surface area contributed by atoms with Crippen LogP contribution in [0, 0.1) is 0 Å². The molecule has 0 spiro atoms. The maximum Gasteiger partial charge on any atom is 0.325 e. The second-order valence-electron chi connectivity index (χ2n) is 4.08. The molecule has 3 N–H and O–H groups in total. The minimum Gasteiger partial charge on any atom is -0.489 e.